The van der Waals surface area contributed by atoms with E-state index in [4.69, 9.17) is 5.73 Å². The van der Waals surface area contributed by atoms with Crippen molar-refractivity contribution >= 4 is 0 Å². The molecule has 0 aromatic heterocycles. The molecule has 3 heteroatoms. The van der Waals surface area contributed by atoms with Gasteiger partial charge in [0.05, 0.1) is 12.2 Å². The third-order valence-corrected chi connectivity index (χ3v) is 8.68. The van der Waals surface area contributed by atoms with Crippen molar-refractivity contribution in [2.45, 2.75) is 83.5 Å². The third-order valence-electron chi connectivity index (χ3n) is 8.68. The van der Waals surface area contributed by atoms with Crippen LogP contribution in [0.25, 0.3) is 0 Å². The van der Waals surface area contributed by atoms with E-state index in [2.05, 4.69) is 13.8 Å². The monoisotopic (exact) mass is 307 g/mol. The number of hydrogen-bond donors (Lipinski definition) is 3. The minimum Gasteiger partial charge on any atom is -0.393 e. The molecule has 4 rings (SSSR count). The molecule has 0 amide bonds. The Labute approximate surface area is 134 Å². The van der Waals surface area contributed by atoms with Crippen molar-refractivity contribution < 1.29 is 10.2 Å². The predicted molar refractivity (Wildman–Crippen MR) is 87.1 cm³/mol. The van der Waals surface area contributed by atoms with Crippen molar-refractivity contribution in [3.05, 3.63) is 0 Å². The first-order chi connectivity index (χ1) is 10.4. The van der Waals surface area contributed by atoms with E-state index in [9.17, 15) is 10.2 Å². The van der Waals surface area contributed by atoms with Crippen molar-refractivity contribution in [2.24, 2.45) is 40.2 Å². The minimum absolute atomic E-state index is 0.0209. The molecule has 4 fully saturated rings. The number of nitrogens with two attached hydrogens (primary N) is 1. The summed E-state index contributed by atoms with van der Waals surface area (Å²) in [6.07, 6.45) is 8.79. The summed E-state index contributed by atoms with van der Waals surface area (Å²) in [6, 6.07) is -0.0209. The van der Waals surface area contributed by atoms with Crippen LogP contribution in [-0.2, 0) is 0 Å². The Balaban J connectivity index is 1.63. The maximum absolute atomic E-state index is 10.6. The third kappa shape index (κ3) is 1.91. The van der Waals surface area contributed by atoms with E-state index in [1.165, 1.54) is 25.7 Å². The van der Waals surface area contributed by atoms with Crippen molar-refractivity contribution in [3.8, 4) is 0 Å². The first kappa shape index (κ1) is 15.4. The highest BCUT2D eigenvalue weighted by Gasteiger charge is 2.61. The zero-order valence-corrected chi connectivity index (χ0v) is 14.2. The van der Waals surface area contributed by atoms with Crippen LogP contribution in [0, 0.1) is 34.5 Å². The van der Waals surface area contributed by atoms with Gasteiger partial charge in [0.2, 0.25) is 0 Å². The number of fused-ring (bicyclic) bond motifs is 5. The molecule has 4 aliphatic rings. The smallest absolute Gasteiger partial charge is 0.0747 e. The largest absolute Gasteiger partial charge is 0.393 e. The van der Waals surface area contributed by atoms with Crippen LogP contribution in [0.3, 0.4) is 0 Å². The molecule has 22 heavy (non-hydrogen) atoms. The van der Waals surface area contributed by atoms with Crippen LogP contribution in [-0.4, -0.2) is 28.5 Å². The molecule has 9 atom stereocenters. The average Bonchev–Trinajstić information content (AvgIpc) is 2.72. The Morgan fingerprint density at radius 1 is 0.864 bits per heavy atom. The van der Waals surface area contributed by atoms with Gasteiger partial charge in [-0.1, -0.05) is 13.8 Å². The Hall–Kier alpha value is -0.120. The highest BCUT2D eigenvalue weighted by Crippen LogP contribution is 2.65. The van der Waals surface area contributed by atoms with Crippen molar-refractivity contribution in [1.82, 2.24) is 0 Å². The van der Waals surface area contributed by atoms with Crippen molar-refractivity contribution in [1.29, 1.82) is 0 Å². The Bertz CT molecular complexity index is 455. The lowest BCUT2D eigenvalue weighted by Gasteiger charge is -2.60. The molecule has 0 heterocycles. The summed E-state index contributed by atoms with van der Waals surface area (Å²) in [4.78, 5) is 0. The topological polar surface area (TPSA) is 66.5 Å². The lowest BCUT2D eigenvalue weighted by molar-refractivity contribution is -0.134. The summed E-state index contributed by atoms with van der Waals surface area (Å²) in [5.41, 5.74) is 6.72. The van der Waals surface area contributed by atoms with Gasteiger partial charge in [-0.05, 0) is 85.9 Å². The first-order valence-corrected chi connectivity index (χ1v) is 9.48. The number of aliphatic hydroxyl groups is 2. The van der Waals surface area contributed by atoms with Gasteiger partial charge in [-0.25, -0.2) is 0 Å². The molecule has 0 aliphatic heterocycles. The van der Waals surface area contributed by atoms with Gasteiger partial charge in [0.25, 0.3) is 0 Å². The Morgan fingerprint density at radius 3 is 2.36 bits per heavy atom. The van der Waals surface area contributed by atoms with E-state index >= 15 is 0 Å². The van der Waals surface area contributed by atoms with Crippen molar-refractivity contribution in [2.75, 3.05) is 0 Å². The summed E-state index contributed by atoms with van der Waals surface area (Å²) in [7, 11) is 0. The maximum Gasteiger partial charge on any atom is 0.0747 e. The lowest BCUT2D eigenvalue weighted by Crippen LogP contribution is -2.54. The molecule has 0 saturated heterocycles. The number of aliphatic hydroxyl groups excluding tert-OH is 2. The molecule has 0 bridgehead atoms. The molecule has 0 spiro atoms. The van der Waals surface area contributed by atoms with Gasteiger partial charge >= 0.3 is 0 Å². The second kappa shape index (κ2) is 4.94. The van der Waals surface area contributed by atoms with Gasteiger partial charge in [0.15, 0.2) is 0 Å². The highest BCUT2D eigenvalue weighted by atomic mass is 16.3. The summed E-state index contributed by atoms with van der Waals surface area (Å²) in [5, 5.41) is 20.7. The fourth-order valence-corrected chi connectivity index (χ4v) is 7.31. The number of rotatable bonds is 0. The first-order valence-electron chi connectivity index (χ1n) is 9.48. The predicted octanol–water partition coefficient (Wildman–Crippen LogP) is 2.69. The van der Waals surface area contributed by atoms with E-state index in [1.807, 2.05) is 0 Å². The van der Waals surface area contributed by atoms with E-state index < -0.39 is 0 Å². The normalized spacial score (nSPS) is 61.2. The van der Waals surface area contributed by atoms with Crippen LogP contribution in [0.15, 0.2) is 0 Å². The van der Waals surface area contributed by atoms with Crippen LogP contribution in [0.5, 0.6) is 0 Å². The molecule has 4 saturated carbocycles. The quantitative estimate of drug-likeness (QED) is 0.644. The fraction of sp³-hybridized carbons (Fsp3) is 1.00. The molecular weight excluding hydrogens is 274 g/mol. The van der Waals surface area contributed by atoms with Crippen LogP contribution in [0.2, 0.25) is 0 Å². The zero-order valence-electron chi connectivity index (χ0n) is 14.2. The molecule has 126 valence electrons. The molecule has 4 N–H and O–H groups in total. The standard InChI is InChI=1S/C19H33NO2/c1-18-7-5-12(21)9-11(18)3-4-13-14(18)6-8-19(2)15(13)10-16(20)17(19)22/h11-17,21-22H,3-10,20H2,1-2H3/t11-,12+,13+,14-,15-,16-,17-,18-,19-/m0/s1. The van der Waals surface area contributed by atoms with E-state index in [-0.39, 0.29) is 23.7 Å². The molecule has 0 aromatic rings. The zero-order chi connectivity index (χ0) is 15.7. The number of hydrogen-bond acceptors (Lipinski definition) is 3. The second-order valence-electron chi connectivity index (χ2n) is 9.47. The van der Waals surface area contributed by atoms with Crippen molar-refractivity contribution in [3.63, 3.8) is 0 Å². The maximum atomic E-state index is 10.6. The van der Waals surface area contributed by atoms with Gasteiger partial charge in [0, 0.05) is 6.04 Å². The second-order valence-corrected chi connectivity index (χ2v) is 9.47. The van der Waals surface area contributed by atoms with Crippen LogP contribution < -0.4 is 5.73 Å². The molecule has 0 radical (unpaired) electrons. The minimum atomic E-state index is -0.308. The SMILES string of the molecule is C[C@]12CC[C@@H](O)C[C@@H]1CC[C@@H]1[C@@H]2CC[C@]2(C)[C@@H](O)[C@@H](N)C[C@@H]12. The van der Waals surface area contributed by atoms with E-state index in [0.717, 1.165) is 37.5 Å². The summed E-state index contributed by atoms with van der Waals surface area (Å²) in [6.45, 7) is 4.80. The molecule has 3 nitrogen and oxygen atoms in total. The fourth-order valence-electron chi connectivity index (χ4n) is 7.31. The molecule has 4 aliphatic carbocycles. The van der Waals surface area contributed by atoms with Crippen LogP contribution >= 0.6 is 0 Å². The van der Waals surface area contributed by atoms with E-state index in [1.54, 1.807) is 0 Å². The summed E-state index contributed by atoms with van der Waals surface area (Å²) < 4.78 is 0. The van der Waals surface area contributed by atoms with Gasteiger partial charge in [-0.2, -0.15) is 0 Å². The van der Waals surface area contributed by atoms with Gasteiger partial charge in [-0.3, -0.25) is 0 Å². The van der Waals surface area contributed by atoms with Gasteiger partial charge in [0.1, 0.15) is 0 Å². The molecule has 0 aromatic carbocycles. The Morgan fingerprint density at radius 2 is 1.59 bits per heavy atom. The average molecular weight is 307 g/mol. The summed E-state index contributed by atoms with van der Waals surface area (Å²) >= 11 is 0. The van der Waals surface area contributed by atoms with Crippen LogP contribution in [0.1, 0.15) is 65.2 Å². The summed E-state index contributed by atoms with van der Waals surface area (Å²) in [5.74, 6) is 2.86. The van der Waals surface area contributed by atoms with Crippen LogP contribution in [0.4, 0.5) is 0 Å². The van der Waals surface area contributed by atoms with E-state index in [0.29, 0.717) is 17.3 Å². The molecule has 0 unspecified atom stereocenters. The Kier molecular flexibility index (Phi) is 3.46. The van der Waals surface area contributed by atoms with Gasteiger partial charge < -0.3 is 15.9 Å². The van der Waals surface area contributed by atoms with Gasteiger partial charge in [-0.15, -0.1) is 0 Å². The molecular formula is C19H33NO2. The lowest BCUT2D eigenvalue weighted by atomic mass is 9.45. The highest BCUT2D eigenvalue weighted by molar-refractivity contribution is 5.12.